The minimum Gasteiger partial charge on any atom is -0.390 e. The standard InChI is InChI=1S/C15H27N3O2/c1-4-5-15-16-6-7-18(15)11-14(19)10-17-8-12(2)20-13(3)9-17/h6-7,12-14,19H,4-5,8-11H2,1-3H3/t12-,13+,14-/m1/s1. The van der Waals surface area contributed by atoms with Gasteiger partial charge in [-0.3, -0.25) is 4.90 Å². The van der Waals surface area contributed by atoms with Crippen molar-refractivity contribution in [3.8, 4) is 0 Å². The third-order valence-electron chi connectivity index (χ3n) is 3.65. The van der Waals surface area contributed by atoms with Gasteiger partial charge in [-0.05, 0) is 20.3 Å². The summed E-state index contributed by atoms with van der Waals surface area (Å²) < 4.78 is 7.79. The summed E-state index contributed by atoms with van der Waals surface area (Å²) in [5.41, 5.74) is 0. The van der Waals surface area contributed by atoms with Crippen LogP contribution in [0.3, 0.4) is 0 Å². The third-order valence-corrected chi connectivity index (χ3v) is 3.65. The van der Waals surface area contributed by atoms with Gasteiger partial charge in [0, 0.05) is 38.4 Å². The minimum atomic E-state index is -0.364. The Morgan fingerprint density at radius 2 is 2.05 bits per heavy atom. The van der Waals surface area contributed by atoms with E-state index < -0.39 is 0 Å². The van der Waals surface area contributed by atoms with E-state index in [1.54, 1.807) is 0 Å². The number of rotatable bonds is 6. The molecule has 0 radical (unpaired) electrons. The largest absolute Gasteiger partial charge is 0.390 e. The molecule has 5 heteroatoms. The summed E-state index contributed by atoms with van der Waals surface area (Å²) in [6, 6.07) is 0. The van der Waals surface area contributed by atoms with Crippen LogP contribution in [-0.4, -0.2) is 57.5 Å². The van der Waals surface area contributed by atoms with Crippen LogP contribution in [0.2, 0.25) is 0 Å². The molecule has 1 aromatic rings. The highest BCUT2D eigenvalue weighted by molar-refractivity contribution is 4.93. The number of aliphatic hydroxyl groups is 1. The van der Waals surface area contributed by atoms with Crippen molar-refractivity contribution in [1.29, 1.82) is 0 Å². The Bertz CT molecular complexity index is 398. The topological polar surface area (TPSA) is 50.5 Å². The first-order chi connectivity index (χ1) is 9.58. The van der Waals surface area contributed by atoms with E-state index in [1.165, 1.54) is 0 Å². The maximum absolute atomic E-state index is 10.3. The molecule has 0 saturated carbocycles. The molecule has 20 heavy (non-hydrogen) atoms. The highest BCUT2D eigenvalue weighted by Crippen LogP contribution is 2.12. The lowest BCUT2D eigenvalue weighted by Gasteiger charge is -2.36. The van der Waals surface area contributed by atoms with Crippen molar-refractivity contribution in [2.24, 2.45) is 0 Å². The van der Waals surface area contributed by atoms with E-state index in [0.29, 0.717) is 13.1 Å². The van der Waals surface area contributed by atoms with E-state index in [1.807, 2.05) is 12.4 Å². The van der Waals surface area contributed by atoms with Crippen LogP contribution in [0.25, 0.3) is 0 Å². The quantitative estimate of drug-likeness (QED) is 0.854. The molecule has 0 unspecified atom stereocenters. The molecule has 0 spiro atoms. The second-order valence-corrected chi connectivity index (χ2v) is 5.88. The molecule has 0 amide bonds. The number of β-amino-alcohol motifs (C(OH)–C–C–N with tert-alkyl or cyclic N) is 1. The first-order valence-corrected chi connectivity index (χ1v) is 7.64. The molecule has 0 aliphatic carbocycles. The van der Waals surface area contributed by atoms with Gasteiger partial charge < -0.3 is 14.4 Å². The fraction of sp³-hybridized carbons (Fsp3) is 0.800. The smallest absolute Gasteiger partial charge is 0.108 e. The van der Waals surface area contributed by atoms with Crippen LogP contribution in [0.5, 0.6) is 0 Å². The van der Waals surface area contributed by atoms with Crippen LogP contribution >= 0.6 is 0 Å². The van der Waals surface area contributed by atoms with Gasteiger partial charge in [0.05, 0.1) is 24.9 Å². The van der Waals surface area contributed by atoms with Gasteiger partial charge in [0.1, 0.15) is 5.82 Å². The minimum absolute atomic E-state index is 0.245. The van der Waals surface area contributed by atoms with Crippen molar-refractivity contribution in [3.63, 3.8) is 0 Å². The summed E-state index contributed by atoms with van der Waals surface area (Å²) >= 11 is 0. The van der Waals surface area contributed by atoms with Crippen molar-refractivity contribution in [1.82, 2.24) is 14.5 Å². The molecule has 0 aromatic carbocycles. The van der Waals surface area contributed by atoms with Gasteiger partial charge in [0.2, 0.25) is 0 Å². The Morgan fingerprint density at radius 1 is 1.35 bits per heavy atom. The lowest BCUT2D eigenvalue weighted by molar-refractivity contribution is -0.0773. The van der Waals surface area contributed by atoms with Crippen molar-refractivity contribution < 1.29 is 9.84 Å². The van der Waals surface area contributed by atoms with Gasteiger partial charge in [-0.2, -0.15) is 0 Å². The number of imidazole rings is 1. The molecule has 1 aliphatic heterocycles. The highest BCUT2D eigenvalue weighted by Gasteiger charge is 2.24. The molecule has 5 nitrogen and oxygen atoms in total. The van der Waals surface area contributed by atoms with Crippen molar-refractivity contribution >= 4 is 0 Å². The summed E-state index contributed by atoms with van der Waals surface area (Å²) in [6.07, 6.45) is 5.94. The van der Waals surface area contributed by atoms with Crippen molar-refractivity contribution in [3.05, 3.63) is 18.2 Å². The number of hydrogen-bond acceptors (Lipinski definition) is 4. The third kappa shape index (κ3) is 4.30. The van der Waals surface area contributed by atoms with Gasteiger partial charge in [-0.15, -0.1) is 0 Å². The molecule has 2 heterocycles. The number of aryl methyl sites for hydroxylation is 1. The Kier molecular flexibility index (Phi) is 5.57. The molecule has 1 aromatic heterocycles. The fourth-order valence-corrected chi connectivity index (χ4v) is 2.97. The summed E-state index contributed by atoms with van der Waals surface area (Å²) in [5.74, 6) is 1.07. The van der Waals surface area contributed by atoms with Crippen LogP contribution in [0.15, 0.2) is 12.4 Å². The Labute approximate surface area is 121 Å². The van der Waals surface area contributed by atoms with E-state index in [2.05, 4.69) is 35.2 Å². The van der Waals surface area contributed by atoms with Crippen LogP contribution in [0, 0.1) is 0 Å². The predicted molar refractivity (Wildman–Crippen MR) is 78.7 cm³/mol. The predicted octanol–water partition coefficient (Wildman–Crippen LogP) is 1.31. The molecular weight excluding hydrogens is 254 g/mol. The number of aromatic nitrogens is 2. The van der Waals surface area contributed by atoms with Gasteiger partial charge in [-0.25, -0.2) is 4.98 Å². The van der Waals surface area contributed by atoms with Gasteiger partial charge in [-0.1, -0.05) is 6.92 Å². The zero-order chi connectivity index (χ0) is 14.5. The van der Waals surface area contributed by atoms with Crippen LogP contribution < -0.4 is 0 Å². The van der Waals surface area contributed by atoms with E-state index in [-0.39, 0.29) is 18.3 Å². The maximum atomic E-state index is 10.3. The van der Waals surface area contributed by atoms with Crippen LogP contribution in [0.1, 0.15) is 33.0 Å². The average molecular weight is 281 g/mol. The van der Waals surface area contributed by atoms with Gasteiger partial charge >= 0.3 is 0 Å². The lowest BCUT2D eigenvalue weighted by Crippen LogP contribution is -2.48. The normalized spacial score (nSPS) is 25.8. The molecule has 1 fully saturated rings. The molecule has 1 saturated heterocycles. The number of hydrogen-bond donors (Lipinski definition) is 1. The first-order valence-electron chi connectivity index (χ1n) is 7.64. The van der Waals surface area contributed by atoms with E-state index in [9.17, 15) is 5.11 Å². The Morgan fingerprint density at radius 3 is 2.70 bits per heavy atom. The van der Waals surface area contributed by atoms with Crippen LogP contribution in [-0.2, 0) is 17.7 Å². The SMILES string of the molecule is CCCc1nccn1C[C@H](O)CN1C[C@@H](C)O[C@@H](C)C1. The van der Waals surface area contributed by atoms with E-state index in [4.69, 9.17) is 4.74 Å². The van der Waals surface area contributed by atoms with Crippen LogP contribution in [0.4, 0.5) is 0 Å². The number of nitrogens with zero attached hydrogens (tertiary/aromatic N) is 3. The summed E-state index contributed by atoms with van der Waals surface area (Å²) in [7, 11) is 0. The molecule has 1 aliphatic rings. The molecule has 114 valence electrons. The second-order valence-electron chi connectivity index (χ2n) is 5.88. The lowest BCUT2D eigenvalue weighted by atomic mass is 10.2. The average Bonchev–Trinajstić information content (AvgIpc) is 2.75. The number of aliphatic hydroxyl groups excluding tert-OH is 1. The van der Waals surface area contributed by atoms with Gasteiger partial charge in [0.25, 0.3) is 0 Å². The molecular formula is C15H27N3O2. The number of morpholine rings is 1. The van der Waals surface area contributed by atoms with Gasteiger partial charge in [0.15, 0.2) is 0 Å². The fourth-order valence-electron chi connectivity index (χ4n) is 2.97. The molecule has 0 bridgehead atoms. The zero-order valence-corrected chi connectivity index (χ0v) is 12.8. The summed E-state index contributed by atoms with van der Waals surface area (Å²) in [6.45, 7) is 9.43. The Hall–Kier alpha value is -0.910. The first kappa shape index (κ1) is 15.5. The summed E-state index contributed by atoms with van der Waals surface area (Å²) in [5, 5.41) is 10.3. The zero-order valence-electron chi connectivity index (χ0n) is 12.8. The Balaban J connectivity index is 1.85. The molecule has 3 atom stereocenters. The monoisotopic (exact) mass is 281 g/mol. The van der Waals surface area contributed by atoms with Crippen molar-refractivity contribution in [2.75, 3.05) is 19.6 Å². The van der Waals surface area contributed by atoms with E-state index >= 15 is 0 Å². The summed E-state index contributed by atoms with van der Waals surface area (Å²) in [4.78, 5) is 6.64. The maximum Gasteiger partial charge on any atom is 0.108 e. The molecule has 2 rings (SSSR count). The van der Waals surface area contributed by atoms with Crippen molar-refractivity contribution in [2.45, 2.75) is 58.5 Å². The highest BCUT2D eigenvalue weighted by atomic mass is 16.5. The number of ether oxygens (including phenoxy) is 1. The molecule has 1 N–H and O–H groups in total. The van der Waals surface area contributed by atoms with E-state index in [0.717, 1.165) is 31.8 Å². The second kappa shape index (κ2) is 7.20.